The summed E-state index contributed by atoms with van der Waals surface area (Å²) in [5.41, 5.74) is 1.10. The molecule has 0 unspecified atom stereocenters. The van der Waals surface area contributed by atoms with Gasteiger partial charge in [0.05, 0.1) is 5.56 Å². The molecule has 0 amide bonds. The highest BCUT2D eigenvalue weighted by Crippen LogP contribution is 2.26. The average Bonchev–Trinajstić information content (AvgIpc) is 2.40. The molecule has 0 bridgehead atoms. The predicted molar refractivity (Wildman–Crippen MR) is 73.1 cm³/mol. The fourth-order valence-electron chi connectivity index (χ4n) is 2.71. The maximum absolute atomic E-state index is 11.0. The van der Waals surface area contributed by atoms with Gasteiger partial charge < -0.3 is 10.4 Å². The highest BCUT2D eigenvalue weighted by Gasteiger charge is 2.13. The summed E-state index contributed by atoms with van der Waals surface area (Å²) in [6.45, 7) is 0.870. The van der Waals surface area contributed by atoms with Crippen molar-refractivity contribution < 1.29 is 9.90 Å². The minimum Gasteiger partial charge on any atom is -0.478 e. The zero-order valence-corrected chi connectivity index (χ0v) is 10.7. The lowest BCUT2D eigenvalue weighted by molar-refractivity contribution is 0.0698. The molecule has 98 valence electrons. The Kier molecular flexibility index (Phi) is 4.62. The quantitative estimate of drug-likeness (QED) is 0.832. The van der Waals surface area contributed by atoms with Crippen molar-refractivity contribution >= 4 is 11.7 Å². The van der Waals surface area contributed by atoms with E-state index in [0.717, 1.165) is 24.6 Å². The van der Waals surface area contributed by atoms with Crippen molar-refractivity contribution in [2.75, 3.05) is 11.9 Å². The van der Waals surface area contributed by atoms with Crippen LogP contribution in [0.1, 0.15) is 48.9 Å². The molecule has 0 spiro atoms. The van der Waals surface area contributed by atoms with Crippen LogP contribution in [0.15, 0.2) is 24.3 Å². The summed E-state index contributed by atoms with van der Waals surface area (Å²) in [4.78, 5) is 11.0. The van der Waals surface area contributed by atoms with E-state index in [2.05, 4.69) is 5.32 Å². The summed E-state index contributed by atoms with van der Waals surface area (Å²) in [7, 11) is 0. The number of carboxylic acid groups (broad SMARTS) is 1. The SMILES string of the molecule is O=C(O)c1ccccc1NCCC1CCCCC1. The molecule has 18 heavy (non-hydrogen) atoms. The molecule has 1 aromatic rings. The van der Waals surface area contributed by atoms with Crippen molar-refractivity contribution in [3.8, 4) is 0 Å². The third kappa shape index (κ3) is 3.49. The second-order valence-corrected chi connectivity index (χ2v) is 5.07. The van der Waals surface area contributed by atoms with Gasteiger partial charge in [-0.1, -0.05) is 44.2 Å². The van der Waals surface area contributed by atoms with Crippen LogP contribution in [0.3, 0.4) is 0 Å². The van der Waals surface area contributed by atoms with Gasteiger partial charge in [0, 0.05) is 12.2 Å². The van der Waals surface area contributed by atoms with E-state index in [9.17, 15) is 4.79 Å². The van der Waals surface area contributed by atoms with E-state index in [4.69, 9.17) is 5.11 Å². The number of nitrogens with one attached hydrogen (secondary N) is 1. The topological polar surface area (TPSA) is 49.3 Å². The largest absolute Gasteiger partial charge is 0.478 e. The van der Waals surface area contributed by atoms with Gasteiger partial charge in [-0.2, -0.15) is 0 Å². The van der Waals surface area contributed by atoms with Crippen LogP contribution in [-0.4, -0.2) is 17.6 Å². The van der Waals surface area contributed by atoms with Crippen LogP contribution in [0.2, 0.25) is 0 Å². The Balaban J connectivity index is 1.84. The smallest absolute Gasteiger partial charge is 0.337 e. The van der Waals surface area contributed by atoms with Crippen molar-refractivity contribution in [2.24, 2.45) is 5.92 Å². The van der Waals surface area contributed by atoms with Crippen LogP contribution in [0.5, 0.6) is 0 Å². The first-order valence-corrected chi connectivity index (χ1v) is 6.83. The van der Waals surface area contributed by atoms with Crippen LogP contribution < -0.4 is 5.32 Å². The molecule has 0 heterocycles. The fourth-order valence-corrected chi connectivity index (χ4v) is 2.71. The van der Waals surface area contributed by atoms with Gasteiger partial charge in [-0.3, -0.25) is 0 Å². The monoisotopic (exact) mass is 247 g/mol. The number of carbonyl (C=O) groups is 1. The zero-order chi connectivity index (χ0) is 12.8. The first kappa shape index (κ1) is 12.9. The molecule has 1 aromatic carbocycles. The van der Waals surface area contributed by atoms with E-state index < -0.39 is 5.97 Å². The van der Waals surface area contributed by atoms with E-state index in [1.54, 1.807) is 12.1 Å². The third-order valence-corrected chi connectivity index (χ3v) is 3.75. The van der Waals surface area contributed by atoms with Crippen molar-refractivity contribution in [2.45, 2.75) is 38.5 Å². The Morgan fingerprint density at radius 2 is 1.94 bits per heavy atom. The normalized spacial score (nSPS) is 16.4. The molecule has 3 heteroatoms. The molecular formula is C15H21NO2. The number of anilines is 1. The second-order valence-electron chi connectivity index (χ2n) is 5.07. The number of hydrogen-bond donors (Lipinski definition) is 2. The van der Waals surface area contributed by atoms with Crippen LogP contribution in [0.4, 0.5) is 5.69 Å². The molecule has 1 fully saturated rings. The van der Waals surface area contributed by atoms with Crippen molar-refractivity contribution in [1.29, 1.82) is 0 Å². The van der Waals surface area contributed by atoms with Gasteiger partial charge in [0.1, 0.15) is 0 Å². The molecule has 2 rings (SSSR count). The van der Waals surface area contributed by atoms with Gasteiger partial charge in [-0.15, -0.1) is 0 Å². The Morgan fingerprint density at radius 3 is 2.67 bits per heavy atom. The van der Waals surface area contributed by atoms with Crippen molar-refractivity contribution in [3.63, 3.8) is 0 Å². The second kappa shape index (κ2) is 6.43. The standard InChI is InChI=1S/C15H21NO2/c17-15(18)13-8-4-5-9-14(13)16-11-10-12-6-2-1-3-7-12/h4-5,8-9,12,16H,1-3,6-7,10-11H2,(H,17,18). The Hall–Kier alpha value is -1.51. The summed E-state index contributed by atoms with van der Waals surface area (Å²) in [6.07, 6.45) is 7.91. The van der Waals surface area contributed by atoms with Crippen LogP contribution >= 0.6 is 0 Å². The molecule has 2 N–H and O–H groups in total. The molecule has 1 aliphatic carbocycles. The highest BCUT2D eigenvalue weighted by atomic mass is 16.4. The molecule has 0 aromatic heterocycles. The van der Waals surface area contributed by atoms with Gasteiger partial charge >= 0.3 is 5.97 Å². The molecule has 1 saturated carbocycles. The highest BCUT2D eigenvalue weighted by molar-refractivity contribution is 5.94. The van der Waals surface area contributed by atoms with E-state index in [-0.39, 0.29) is 0 Å². The Bertz CT molecular complexity index is 397. The third-order valence-electron chi connectivity index (χ3n) is 3.75. The molecule has 3 nitrogen and oxygen atoms in total. The summed E-state index contributed by atoms with van der Waals surface area (Å²) in [5.74, 6) is -0.0426. The van der Waals surface area contributed by atoms with E-state index >= 15 is 0 Å². The summed E-state index contributed by atoms with van der Waals surface area (Å²) in [5, 5.41) is 12.3. The van der Waals surface area contributed by atoms with E-state index in [1.807, 2.05) is 12.1 Å². The summed E-state index contributed by atoms with van der Waals surface area (Å²) < 4.78 is 0. The fraction of sp³-hybridized carbons (Fsp3) is 0.533. The van der Waals surface area contributed by atoms with Crippen molar-refractivity contribution in [3.05, 3.63) is 29.8 Å². The molecular weight excluding hydrogens is 226 g/mol. The van der Waals surface area contributed by atoms with Gasteiger partial charge in [0.15, 0.2) is 0 Å². The zero-order valence-electron chi connectivity index (χ0n) is 10.7. The molecule has 0 saturated heterocycles. The number of benzene rings is 1. The Labute approximate surface area is 108 Å². The Morgan fingerprint density at radius 1 is 1.22 bits per heavy atom. The minimum atomic E-state index is -0.865. The average molecular weight is 247 g/mol. The first-order chi connectivity index (χ1) is 8.77. The van der Waals surface area contributed by atoms with E-state index in [1.165, 1.54) is 32.1 Å². The molecule has 0 atom stereocenters. The van der Waals surface area contributed by atoms with Crippen LogP contribution in [0, 0.1) is 5.92 Å². The number of carboxylic acids is 1. The first-order valence-electron chi connectivity index (χ1n) is 6.83. The number of para-hydroxylation sites is 1. The van der Waals surface area contributed by atoms with Gasteiger partial charge in [-0.25, -0.2) is 4.79 Å². The van der Waals surface area contributed by atoms with Crippen molar-refractivity contribution in [1.82, 2.24) is 0 Å². The van der Waals surface area contributed by atoms with Crippen LogP contribution in [0.25, 0.3) is 0 Å². The summed E-state index contributed by atoms with van der Waals surface area (Å²) in [6, 6.07) is 7.11. The van der Waals surface area contributed by atoms with Crippen LogP contribution in [-0.2, 0) is 0 Å². The lowest BCUT2D eigenvalue weighted by Crippen LogP contribution is -2.13. The lowest BCUT2D eigenvalue weighted by atomic mass is 9.87. The number of hydrogen-bond acceptors (Lipinski definition) is 2. The predicted octanol–water partition coefficient (Wildman–Crippen LogP) is 3.77. The maximum atomic E-state index is 11.0. The van der Waals surface area contributed by atoms with Gasteiger partial charge in [-0.05, 0) is 24.5 Å². The minimum absolute atomic E-state index is 0.362. The number of rotatable bonds is 5. The van der Waals surface area contributed by atoms with Gasteiger partial charge in [0.2, 0.25) is 0 Å². The molecule has 0 radical (unpaired) electrons. The summed E-state index contributed by atoms with van der Waals surface area (Å²) >= 11 is 0. The maximum Gasteiger partial charge on any atom is 0.337 e. The lowest BCUT2D eigenvalue weighted by Gasteiger charge is -2.21. The molecule has 1 aliphatic rings. The van der Waals surface area contributed by atoms with Gasteiger partial charge in [0.25, 0.3) is 0 Å². The molecule has 0 aliphatic heterocycles. The number of aromatic carboxylic acids is 1. The van der Waals surface area contributed by atoms with E-state index in [0.29, 0.717) is 5.56 Å².